The Balaban J connectivity index is 0.00000243. The number of guanidine groups is 1. The fourth-order valence-corrected chi connectivity index (χ4v) is 2.38. The minimum atomic E-state index is 0. The first-order chi connectivity index (χ1) is 12.2. The molecule has 0 aliphatic carbocycles. The van der Waals surface area contributed by atoms with Gasteiger partial charge in [0.2, 0.25) is 0 Å². The van der Waals surface area contributed by atoms with Crippen LogP contribution < -0.4 is 10.6 Å². The summed E-state index contributed by atoms with van der Waals surface area (Å²) in [5, 5.41) is 14.6. The number of halogens is 1. The molecule has 3 aromatic rings. The van der Waals surface area contributed by atoms with Crippen molar-refractivity contribution in [3.8, 4) is 11.3 Å². The smallest absolute Gasteiger partial charge is 0.191 e. The van der Waals surface area contributed by atoms with Gasteiger partial charge < -0.3 is 19.6 Å². The van der Waals surface area contributed by atoms with E-state index in [1.54, 1.807) is 7.05 Å². The summed E-state index contributed by atoms with van der Waals surface area (Å²) in [6.07, 6.45) is 1.46. The zero-order chi connectivity index (χ0) is 17.6. The number of hydrogen-bond acceptors (Lipinski definition) is 5. The van der Waals surface area contributed by atoms with Crippen LogP contribution in [0.15, 0.2) is 46.1 Å². The van der Waals surface area contributed by atoms with Gasteiger partial charge in [0.15, 0.2) is 23.9 Å². The van der Waals surface area contributed by atoms with Crippen LogP contribution in [-0.4, -0.2) is 32.8 Å². The lowest BCUT2D eigenvalue weighted by atomic mass is 10.1. The van der Waals surface area contributed by atoms with Crippen LogP contribution >= 0.6 is 24.0 Å². The predicted molar refractivity (Wildman–Crippen MR) is 110 cm³/mol. The van der Waals surface area contributed by atoms with Crippen molar-refractivity contribution in [2.24, 2.45) is 12.0 Å². The quantitative estimate of drug-likeness (QED) is 0.340. The normalized spacial score (nSPS) is 11.1. The van der Waals surface area contributed by atoms with Crippen LogP contribution in [0.3, 0.4) is 0 Å². The van der Waals surface area contributed by atoms with Gasteiger partial charge in [-0.1, -0.05) is 30.3 Å². The van der Waals surface area contributed by atoms with Crippen LogP contribution in [0.2, 0.25) is 0 Å². The van der Waals surface area contributed by atoms with Gasteiger partial charge in [-0.2, -0.15) is 0 Å². The van der Waals surface area contributed by atoms with E-state index < -0.39 is 0 Å². The zero-order valence-electron chi connectivity index (χ0n) is 14.9. The molecule has 138 valence electrons. The van der Waals surface area contributed by atoms with Crippen LogP contribution in [0.25, 0.3) is 11.3 Å². The van der Waals surface area contributed by atoms with Gasteiger partial charge in [0.05, 0.1) is 13.1 Å². The summed E-state index contributed by atoms with van der Waals surface area (Å²) >= 11 is 0. The Hall–Kier alpha value is -2.43. The Kier molecular flexibility index (Phi) is 7.13. The van der Waals surface area contributed by atoms with Crippen LogP contribution in [0, 0.1) is 6.92 Å². The van der Waals surface area contributed by atoms with Gasteiger partial charge in [-0.25, -0.2) is 4.98 Å². The van der Waals surface area contributed by atoms with Crippen LogP contribution in [0.4, 0.5) is 0 Å². The van der Waals surface area contributed by atoms with Gasteiger partial charge in [-0.05, 0) is 6.92 Å². The number of nitrogens with zero attached hydrogens (tertiary/aromatic N) is 5. The standard InChI is InChI=1S/C17H21N7O.HI/c1-12-22-23-15(24(12)3)10-20-17(18-2)19-9-14-16(25-11-21-14)13-7-5-4-6-8-13;/h4-8,11H,9-10H2,1-3H3,(H2,18,19,20);1H. The van der Waals surface area contributed by atoms with E-state index in [0.717, 1.165) is 28.7 Å². The highest BCUT2D eigenvalue weighted by atomic mass is 127. The number of nitrogens with one attached hydrogen (secondary N) is 2. The van der Waals surface area contributed by atoms with E-state index in [1.807, 2.05) is 48.9 Å². The molecule has 26 heavy (non-hydrogen) atoms. The average molecular weight is 467 g/mol. The second-order valence-corrected chi connectivity index (χ2v) is 5.50. The van der Waals surface area contributed by atoms with Gasteiger partial charge in [0.25, 0.3) is 0 Å². The Morgan fingerprint density at radius 3 is 2.54 bits per heavy atom. The topological polar surface area (TPSA) is 93.2 Å². The molecule has 1 aromatic carbocycles. The second-order valence-electron chi connectivity index (χ2n) is 5.50. The maximum Gasteiger partial charge on any atom is 0.191 e. The van der Waals surface area contributed by atoms with Gasteiger partial charge in [0.1, 0.15) is 11.5 Å². The van der Waals surface area contributed by atoms with Crippen molar-refractivity contribution >= 4 is 29.9 Å². The first kappa shape index (κ1) is 19.9. The molecule has 2 heterocycles. The summed E-state index contributed by atoms with van der Waals surface area (Å²) in [5.74, 6) is 3.12. The molecule has 2 N–H and O–H groups in total. The molecule has 3 rings (SSSR count). The Labute approximate surface area is 169 Å². The van der Waals surface area contributed by atoms with Crippen molar-refractivity contribution in [2.75, 3.05) is 7.05 Å². The fourth-order valence-electron chi connectivity index (χ4n) is 2.38. The number of benzene rings is 1. The Morgan fingerprint density at radius 1 is 1.15 bits per heavy atom. The SMILES string of the molecule is CN=C(NCc1ncoc1-c1ccccc1)NCc1nnc(C)n1C.I. The second kappa shape index (κ2) is 9.32. The molecule has 9 heteroatoms. The van der Waals surface area contributed by atoms with Crippen molar-refractivity contribution in [1.29, 1.82) is 0 Å². The molecule has 2 aromatic heterocycles. The molecule has 8 nitrogen and oxygen atoms in total. The lowest BCUT2D eigenvalue weighted by molar-refractivity contribution is 0.570. The number of aryl methyl sites for hydroxylation is 1. The summed E-state index contributed by atoms with van der Waals surface area (Å²) < 4.78 is 7.47. The van der Waals surface area contributed by atoms with Crippen molar-refractivity contribution in [3.05, 3.63) is 54.1 Å². The van der Waals surface area contributed by atoms with E-state index in [1.165, 1.54) is 6.39 Å². The third-order valence-electron chi connectivity index (χ3n) is 3.92. The van der Waals surface area contributed by atoms with Crippen molar-refractivity contribution in [2.45, 2.75) is 20.0 Å². The van der Waals surface area contributed by atoms with E-state index in [2.05, 4.69) is 30.8 Å². The highest BCUT2D eigenvalue weighted by molar-refractivity contribution is 14.0. The maximum atomic E-state index is 5.53. The summed E-state index contributed by atoms with van der Waals surface area (Å²) in [5.41, 5.74) is 1.82. The first-order valence-corrected chi connectivity index (χ1v) is 7.96. The van der Waals surface area contributed by atoms with Gasteiger partial charge in [-0.3, -0.25) is 4.99 Å². The van der Waals surface area contributed by atoms with E-state index in [9.17, 15) is 0 Å². The maximum absolute atomic E-state index is 5.53. The minimum Gasteiger partial charge on any atom is -0.443 e. The van der Waals surface area contributed by atoms with E-state index in [0.29, 0.717) is 19.0 Å². The molecule has 0 saturated carbocycles. The molecule has 0 radical (unpaired) electrons. The van der Waals surface area contributed by atoms with Gasteiger partial charge in [-0.15, -0.1) is 34.2 Å². The monoisotopic (exact) mass is 467 g/mol. The lowest BCUT2D eigenvalue weighted by Crippen LogP contribution is -2.37. The van der Waals surface area contributed by atoms with Crippen molar-refractivity contribution in [1.82, 2.24) is 30.4 Å². The van der Waals surface area contributed by atoms with Crippen LogP contribution in [0.5, 0.6) is 0 Å². The Morgan fingerprint density at radius 2 is 1.88 bits per heavy atom. The number of rotatable bonds is 5. The van der Waals surface area contributed by atoms with Crippen LogP contribution in [-0.2, 0) is 20.1 Å². The summed E-state index contributed by atoms with van der Waals surface area (Å²) in [4.78, 5) is 8.52. The number of aromatic nitrogens is 4. The molecule has 0 amide bonds. The van der Waals surface area contributed by atoms with E-state index in [-0.39, 0.29) is 24.0 Å². The molecule has 0 atom stereocenters. The molecule has 0 saturated heterocycles. The molecule has 0 spiro atoms. The van der Waals surface area contributed by atoms with Crippen molar-refractivity contribution in [3.63, 3.8) is 0 Å². The third kappa shape index (κ3) is 4.59. The number of hydrogen-bond donors (Lipinski definition) is 2. The highest BCUT2D eigenvalue weighted by Gasteiger charge is 2.11. The van der Waals surface area contributed by atoms with E-state index >= 15 is 0 Å². The van der Waals surface area contributed by atoms with Crippen LogP contribution in [0.1, 0.15) is 17.3 Å². The molecular formula is C17H22IN7O. The molecule has 0 fully saturated rings. The summed E-state index contributed by atoms with van der Waals surface area (Å²) in [6, 6.07) is 9.90. The van der Waals surface area contributed by atoms with E-state index in [4.69, 9.17) is 4.42 Å². The Bertz CT molecular complexity index is 857. The summed E-state index contributed by atoms with van der Waals surface area (Å²) in [6.45, 7) is 2.94. The number of aliphatic imine (C=N–C) groups is 1. The predicted octanol–water partition coefficient (Wildman–Crippen LogP) is 2.26. The molecule has 0 bridgehead atoms. The van der Waals surface area contributed by atoms with Gasteiger partial charge >= 0.3 is 0 Å². The molecular weight excluding hydrogens is 445 g/mol. The van der Waals surface area contributed by atoms with Crippen molar-refractivity contribution < 1.29 is 4.42 Å². The zero-order valence-corrected chi connectivity index (χ0v) is 17.3. The third-order valence-corrected chi connectivity index (χ3v) is 3.92. The van der Waals surface area contributed by atoms with Gasteiger partial charge in [0, 0.05) is 19.7 Å². The molecule has 0 aliphatic rings. The largest absolute Gasteiger partial charge is 0.443 e. The summed E-state index contributed by atoms with van der Waals surface area (Å²) in [7, 11) is 3.65. The number of oxazole rings is 1. The first-order valence-electron chi connectivity index (χ1n) is 7.96. The fraction of sp³-hybridized carbons (Fsp3) is 0.294. The molecule has 0 unspecified atom stereocenters. The highest BCUT2D eigenvalue weighted by Crippen LogP contribution is 2.22. The lowest BCUT2D eigenvalue weighted by Gasteiger charge is -2.11. The minimum absolute atomic E-state index is 0. The molecule has 0 aliphatic heterocycles. The average Bonchev–Trinajstić information content (AvgIpc) is 3.24.